The van der Waals surface area contributed by atoms with Crippen molar-refractivity contribution in [1.82, 2.24) is 4.31 Å². The van der Waals surface area contributed by atoms with Crippen molar-refractivity contribution < 1.29 is 21.6 Å². The normalized spacial score (nSPS) is 21.1. The van der Waals surface area contributed by atoms with Crippen molar-refractivity contribution in [3.8, 4) is 0 Å². The van der Waals surface area contributed by atoms with Gasteiger partial charge in [0, 0.05) is 12.8 Å². The number of hydrogen-bond donors (Lipinski definition) is 0. The molecular formula is C13H17NO5S2. The van der Waals surface area contributed by atoms with Crippen LogP contribution in [0.25, 0.3) is 0 Å². The maximum Gasteiger partial charge on any atom is 0.243 e. The number of benzene rings is 1. The fraction of sp³-hybridized carbons (Fsp3) is 0.462. The summed E-state index contributed by atoms with van der Waals surface area (Å²) in [6, 6.07) is 4.42. The molecule has 1 aromatic carbocycles. The van der Waals surface area contributed by atoms with Crippen LogP contribution in [-0.2, 0) is 24.7 Å². The molecule has 0 N–H and O–H groups in total. The minimum atomic E-state index is -3.78. The van der Waals surface area contributed by atoms with Crippen molar-refractivity contribution in [2.75, 3.05) is 12.8 Å². The van der Waals surface area contributed by atoms with Crippen molar-refractivity contribution in [3.05, 3.63) is 24.3 Å². The first kappa shape index (κ1) is 16.1. The molecule has 0 bridgehead atoms. The van der Waals surface area contributed by atoms with Crippen LogP contribution in [0, 0.1) is 0 Å². The minimum absolute atomic E-state index is 0.00338. The second-order valence-corrected chi connectivity index (χ2v) is 8.96. The molecule has 1 unspecified atom stereocenters. The minimum Gasteiger partial charge on any atom is -0.302 e. The van der Waals surface area contributed by atoms with Gasteiger partial charge in [-0.15, -0.1) is 0 Å². The fourth-order valence-electron chi connectivity index (χ4n) is 2.36. The van der Waals surface area contributed by atoms with Gasteiger partial charge in [-0.3, -0.25) is 0 Å². The summed E-state index contributed by atoms with van der Waals surface area (Å²) < 4.78 is 49.0. The van der Waals surface area contributed by atoms with E-state index in [1.54, 1.807) is 0 Å². The third-order valence-electron chi connectivity index (χ3n) is 3.51. The largest absolute Gasteiger partial charge is 0.302 e. The fourth-order valence-corrected chi connectivity index (χ4v) is 4.62. The molecule has 1 fully saturated rings. The lowest BCUT2D eigenvalue weighted by molar-refractivity contribution is -0.111. The van der Waals surface area contributed by atoms with Crippen molar-refractivity contribution >= 4 is 26.1 Å². The SMILES string of the molecule is CS(=O)(=O)c1ccc(S(=O)(=O)N2CCCCC2C=O)cc1. The highest BCUT2D eigenvalue weighted by Crippen LogP contribution is 2.25. The number of rotatable bonds is 4. The summed E-state index contributed by atoms with van der Waals surface area (Å²) in [5.41, 5.74) is 0. The number of aldehydes is 1. The molecule has 0 aliphatic carbocycles. The predicted octanol–water partition coefficient (Wildman–Crippen LogP) is 0.832. The van der Waals surface area contributed by atoms with E-state index < -0.39 is 25.9 Å². The lowest BCUT2D eigenvalue weighted by Crippen LogP contribution is -2.44. The Kier molecular flexibility index (Phi) is 4.50. The highest BCUT2D eigenvalue weighted by atomic mass is 32.2. The Morgan fingerprint density at radius 3 is 2.14 bits per heavy atom. The molecule has 0 amide bonds. The van der Waals surface area contributed by atoms with Gasteiger partial charge >= 0.3 is 0 Å². The van der Waals surface area contributed by atoms with E-state index in [2.05, 4.69) is 0 Å². The maximum absolute atomic E-state index is 12.5. The third kappa shape index (κ3) is 3.33. The van der Waals surface area contributed by atoms with Gasteiger partial charge in [-0.25, -0.2) is 16.8 Å². The van der Waals surface area contributed by atoms with Gasteiger partial charge in [-0.1, -0.05) is 6.42 Å². The van der Waals surface area contributed by atoms with Gasteiger partial charge in [0.15, 0.2) is 9.84 Å². The van der Waals surface area contributed by atoms with E-state index in [1.165, 1.54) is 28.6 Å². The van der Waals surface area contributed by atoms with Gasteiger partial charge in [0.1, 0.15) is 6.29 Å². The summed E-state index contributed by atoms with van der Waals surface area (Å²) in [6.07, 6.45) is 3.77. The van der Waals surface area contributed by atoms with Crippen LogP contribution < -0.4 is 0 Å². The van der Waals surface area contributed by atoms with Crippen LogP contribution in [0.2, 0.25) is 0 Å². The molecule has 1 atom stereocenters. The van der Waals surface area contributed by atoms with E-state index in [-0.39, 0.29) is 9.79 Å². The van der Waals surface area contributed by atoms with E-state index in [1.807, 2.05) is 0 Å². The molecule has 1 saturated heterocycles. The molecule has 0 radical (unpaired) electrons. The summed E-state index contributed by atoms with van der Waals surface area (Å²) >= 11 is 0. The van der Waals surface area contributed by atoms with Gasteiger partial charge in [0.2, 0.25) is 10.0 Å². The molecule has 21 heavy (non-hydrogen) atoms. The zero-order chi connectivity index (χ0) is 15.7. The number of carbonyl (C=O) groups is 1. The lowest BCUT2D eigenvalue weighted by Gasteiger charge is -2.31. The molecule has 116 valence electrons. The maximum atomic E-state index is 12.5. The number of nitrogens with zero attached hydrogens (tertiary/aromatic N) is 1. The molecule has 1 aliphatic heterocycles. The van der Waals surface area contributed by atoms with Gasteiger partial charge in [-0.2, -0.15) is 4.31 Å². The average molecular weight is 331 g/mol. The standard InChI is InChI=1S/C13H17NO5S2/c1-20(16,17)12-5-7-13(8-6-12)21(18,19)14-9-3-2-4-11(14)10-15/h5-8,10-11H,2-4,9H2,1H3. The van der Waals surface area contributed by atoms with E-state index >= 15 is 0 Å². The summed E-state index contributed by atoms with van der Waals surface area (Å²) in [4.78, 5) is 11.1. The lowest BCUT2D eigenvalue weighted by atomic mass is 10.1. The summed E-state index contributed by atoms with van der Waals surface area (Å²) in [5, 5.41) is 0. The van der Waals surface area contributed by atoms with Crippen molar-refractivity contribution in [1.29, 1.82) is 0 Å². The van der Waals surface area contributed by atoms with Gasteiger partial charge < -0.3 is 4.79 Å². The second kappa shape index (κ2) is 5.86. The quantitative estimate of drug-likeness (QED) is 0.763. The molecule has 1 aliphatic rings. The predicted molar refractivity (Wildman–Crippen MR) is 77.1 cm³/mol. The smallest absolute Gasteiger partial charge is 0.243 e. The summed E-state index contributed by atoms with van der Waals surface area (Å²) in [5.74, 6) is 0. The number of piperidine rings is 1. The highest BCUT2D eigenvalue weighted by Gasteiger charge is 2.33. The average Bonchev–Trinajstić information content (AvgIpc) is 2.46. The molecule has 1 aromatic rings. The van der Waals surface area contributed by atoms with E-state index in [4.69, 9.17) is 0 Å². The Morgan fingerprint density at radius 1 is 1.05 bits per heavy atom. The summed E-state index contributed by atoms with van der Waals surface area (Å²) in [6.45, 7) is 0.305. The Balaban J connectivity index is 2.37. The van der Waals surface area contributed by atoms with Crippen LogP contribution in [0.1, 0.15) is 19.3 Å². The topological polar surface area (TPSA) is 88.6 Å². The number of sulfone groups is 1. The molecule has 1 heterocycles. The first-order valence-electron chi connectivity index (χ1n) is 6.54. The Bertz CT molecular complexity index is 722. The van der Waals surface area contributed by atoms with E-state index in [0.717, 1.165) is 12.7 Å². The van der Waals surface area contributed by atoms with Crippen LogP contribution in [0.5, 0.6) is 0 Å². The molecule has 0 aromatic heterocycles. The zero-order valence-corrected chi connectivity index (χ0v) is 13.2. The van der Waals surface area contributed by atoms with E-state index in [0.29, 0.717) is 25.7 Å². The number of sulfonamides is 1. The Labute approximate surface area is 124 Å². The third-order valence-corrected chi connectivity index (χ3v) is 6.58. The monoisotopic (exact) mass is 331 g/mol. The van der Waals surface area contributed by atoms with E-state index in [9.17, 15) is 21.6 Å². The zero-order valence-electron chi connectivity index (χ0n) is 11.6. The van der Waals surface area contributed by atoms with Crippen molar-refractivity contribution in [2.45, 2.75) is 35.1 Å². The van der Waals surface area contributed by atoms with Crippen LogP contribution in [0.3, 0.4) is 0 Å². The molecular weight excluding hydrogens is 314 g/mol. The van der Waals surface area contributed by atoms with Crippen LogP contribution in [0.15, 0.2) is 34.1 Å². The molecule has 6 nitrogen and oxygen atoms in total. The van der Waals surface area contributed by atoms with Crippen molar-refractivity contribution in [3.63, 3.8) is 0 Å². The van der Waals surface area contributed by atoms with Gasteiger partial charge in [0.05, 0.1) is 15.8 Å². The first-order valence-corrected chi connectivity index (χ1v) is 9.87. The molecule has 2 rings (SSSR count). The highest BCUT2D eigenvalue weighted by molar-refractivity contribution is 7.90. The molecule has 8 heteroatoms. The van der Waals surface area contributed by atoms with Crippen LogP contribution in [-0.4, -0.2) is 46.3 Å². The Hall–Kier alpha value is -1.25. The van der Waals surface area contributed by atoms with Crippen molar-refractivity contribution in [2.24, 2.45) is 0 Å². The van der Waals surface area contributed by atoms with Crippen LogP contribution in [0.4, 0.5) is 0 Å². The molecule has 0 saturated carbocycles. The van der Waals surface area contributed by atoms with Crippen LogP contribution >= 0.6 is 0 Å². The summed E-state index contributed by atoms with van der Waals surface area (Å²) in [7, 11) is -7.15. The first-order chi connectivity index (χ1) is 9.76. The number of carbonyl (C=O) groups excluding carboxylic acids is 1. The van der Waals surface area contributed by atoms with Gasteiger partial charge in [0.25, 0.3) is 0 Å². The number of hydrogen-bond acceptors (Lipinski definition) is 5. The second-order valence-electron chi connectivity index (χ2n) is 5.06. The molecule has 0 spiro atoms. The van der Waals surface area contributed by atoms with Gasteiger partial charge in [-0.05, 0) is 37.1 Å². The Morgan fingerprint density at radius 2 is 1.62 bits per heavy atom.